The molecule has 1 N–H and O–H groups in total. The molecule has 0 spiro atoms. The molecule has 108 valence electrons. The molecule has 0 amide bonds. The second-order valence-electron chi connectivity index (χ2n) is 3.85. The average Bonchev–Trinajstić information content (AvgIpc) is 2.69. The normalized spacial score (nSPS) is 11.7. The number of rotatable bonds is 3. The molecule has 0 unspecified atom stereocenters. The quantitative estimate of drug-likeness (QED) is 0.876. The lowest BCUT2D eigenvalue weighted by molar-refractivity contribution is -0.141. The van der Waals surface area contributed by atoms with Gasteiger partial charge in [0.25, 0.3) is 0 Å². The Bertz CT molecular complexity index is 624. The Hall–Kier alpha value is -1.84. The van der Waals surface area contributed by atoms with Gasteiger partial charge in [-0.15, -0.1) is 10.2 Å². The van der Waals surface area contributed by atoms with E-state index in [0.29, 0.717) is 11.0 Å². The monoisotopic (exact) mass is 304 g/mol. The van der Waals surface area contributed by atoms with Crippen molar-refractivity contribution in [2.75, 3.05) is 12.4 Å². The van der Waals surface area contributed by atoms with E-state index in [9.17, 15) is 13.2 Å². The molecule has 0 bridgehead atoms. The summed E-state index contributed by atoms with van der Waals surface area (Å²) in [6, 6.07) is 0.884. The van der Waals surface area contributed by atoms with Crippen molar-refractivity contribution < 1.29 is 13.2 Å². The number of aryl methyl sites for hydroxylation is 1. The minimum absolute atomic E-state index is 0.0961. The second-order valence-corrected chi connectivity index (χ2v) is 4.84. The lowest BCUT2D eigenvalue weighted by Gasteiger charge is -2.09. The Kier molecular flexibility index (Phi) is 3.84. The highest BCUT2D eigenvalue weighted by Crippen LogP contribution is 2.32. The van der Waals surface area contributed by atoms with Crippen LogP contribution in [0.5, 0.6) is 0 Å². The first-order chi connectivity index (χ1) is 9.31. The summed E-state index contributed by atoms with van der Waals surface area (Å²) >= 11 is 0.993. The zero-order valence-electron chi connectivity index (χ0n) is 10.9. The summed E-state index contributed by atoms with van der Waals surface area (Å²) in [5, 5.41) is 10.8. The number of alkyl halides is 3. The lowest BCUT2D eigenvalue weighted by atomic mass is 10.4. The van der Waals surface area contributed by atoms with Crippen molar-refractivity contribution in [1.82, 2.24) is 24.7 Å². The van der Waals surface area contributed by atoms with Crippen LogP contribution in [0.2, 0.25) is 0 Å². The van der Waals surface area contributed by atoms with Crippen LogP contribution in [0.1, 0.15) is 11.5 Å². The standard InChI is InChI=1S/C10H11F3N6S/c1-5-17-18-9(19(5)3)20-7-4-6(10(11,12)13)15-8(14-2)16-7/h4H,1-3H3,(H,14,15,16). The zero-order valence-corrected chi connectivity index (χ0v) is 11.7. The molecule has 0 atom stereocenters. The zero-order chi connectivity index (χ0) is 14.9. The molecule has 0 aliphatic heterocycles. The molecule has 0 aromatic carbocycles. The summed E-state index contributed by atoms with van der Waals surface area (Å²) in [5.74, 6) is 0.563. The van der Waals surface area contributed by atoms with Crippen molar-refractivity contribution >= 4 is 17.7 Å². The van der Waals surface area contributed by atoms with Gasteiger partial charge in [-0.3, -0.25) is 0 Å². The molecule has 0 fully saturated rings. The topological polar surface area (TPSA) is 68.5 Å². The van der Waals surface area contributed by atoms with Gasteiger partial charge in [-0.25, -0.2) is 9.97 Å². The van der Waals surface area contributed by atoms with Crippen LogP contribution in [-0.2, 0) is 13.2 Å². The molecule has 0 aliphatic rings. The van der Waals surface area contributed by atoms with Gasteiger partial charge in [0.1, 0.15) is 10.9 Å². The maximum absolute atomic E-state index is 12.7. The Morgan fingerprint density at radius 3 is 2.45 bits per heavy atom. The molecule has 6 nitrogen and oxygen atoms in total. The highest BCUT2D eigenvalue weighted by molar-refractivity contribution is 7.99. The minimum Gasteiger partial charge on any atom is -0.357 e. The fourth-order valence-electron chi connectivity index (χ4n) is 1.30. The predicted molar refractivity (Wildman–Crippen MR) is 66.4 cm³/mol. The first kappa shape index (κ1) is 14.6. The van der Waals surface area contributed by atoms with Crippen molar-refractivity contribution in [3.63, 3.8) is 0 Å². The smallest absolute Gasteiger partial charge is 0.357 e. The molecular weight excluding hydrogens is 293 g/mol. The molecule has 2 aromatic heterocycles. The maximum Gasteiger partial charge on any atom is 0.433 e. The summed E-state index contributed by atoms with van der Waals surface area (Å²) < 4.78 is 39.9. The van der Waals surface area contributed by atoms with Crippen molar-refractivity contribution in [2.24, 2.45) is 7.05 Å². The van der Waals surface area contributed by atoms with Gasteiger partial charge >= 0.3 is 6.18 Å². The van der Waals surface area contributed by atoms with Crippen LogP contribution >= 0.6 is 11.8 Å². The van der Waals surface area contributed by atoms with Gasteiger partial charge in [-0.05, 0) is 18.7 Å². The molecule has 0 radical (unpaired) electrons. The summed E-state index contributed by atoms with van der Waals surface area (Å²) in [6.45, 7) is 1.75. The van der Waals surface area contributed by atoms with E-state index in [1.807, 2.05) is 0 Å². The molecular formula is C10H11F3N6S. The Morgan fingerprint density at radius 2 is 1.95 bits per heavy atom. The largest absolute Gasteiger partial charge is 0.433 e. The Balaban J connectivity index is 2.39. The number of anilines is 1. The Labute approximate surface area is 116 Å². The molecule has 2 heterocycles. The lowest BCUT2D eigenvalue weighted by Crippen LogP contribution is -2.11. The van der Waals surface area contributed by atoms with E-state index in [2.05, 4.69) is 25.5 Å². The van der Waals surface area contributed by atoms with E-state index in [1.54, 1.807) is 18.5 Å². The molecule has 0 saturated heterocycles. The molecule has 0 saturated carbocycles. The van der Waals surface area contributed by atoms with Crippen LogP contribution < -0.4 is 5.32 Å². The molecule has 0 aliphatic carbocycles. The van der Waals surface area contributed by atoms with Gasteiger partial charge < -0.3 is 9.88 Å². The second kappa shape index (κ2) is 5.27. The third-order valence-corrected chi connectivity index (χ3v) is 3.42. The number of halogens is 3. The highest BCUT2D eigenvalue weighted by Gasteiger charge is 2.33. The summed E-state index contributed by atoms with van der Waals surface area (Å²) in [5.41, 5.74) is -1.00. The average molecular weight is 304 g/mol. The van der Waals surface area contributed by atoms with Crippen LogP contribution in [-0.4, -0.2) is 31.8 Å². The van der Waals surface area contributed by atoms with E-state index in [-0.39, 0.29) is 11.0 Å². The van der Waals surface area contributed by atoms with E-state index in [4.69, 9.17) is 0 Å². The molecule has 2 rings (SSSR count). The van der Waals surface area contributed by atoms with E-state index in [0.717, 1.165) is 17.8 Å². The summed E-state index contributed by atoms with van der Waals surface area (Å²) in [4.78, 5) is 7.36. The highest BCUT2D eigenvalue weighted by atomic mass is 32.2. The van der Waals surface area contributed by atoms with E-state index >= 15 is 0 Å². The van der Waals surface area contributed by atoms with Gasteiger partial charge in [-0.1, -0.05) is 0 Å². The summed E-state index contributed by atoms with van der Waals surface area (Å²) in [6.07, 6.45) is -4.53. The number of aromatic nitrogens is 5. The van der Waals surface area contributed by atoms with Crippen molar-refractivity contribution in [3.8, 4) is 0 Å². The van der Waals surface area contributed by atoms with Gasteiger partial charge in [0, 0.05) is 20.2 Å². The fourth-order valence-corrected chi connectivity index (χ4v) is 2.14. The van der Waals surface area contributed by atoms with E-state index < -0.39 is 11.9 Å². The van der Waals surface area contributed by atoms with Crippen LogP contribution in [0.15, 0.2) is 16.2 Å². The third-order valence-electron chi connectivity index (χ3n) is 2.47. The van der Waals surface area contributed by atoms with Gasteiger partial charge in [0.2, 0.25) is 5.95 Å². The van der Waals surface area contributed by atoms with Crippen molar-refractivity contribution in [3.05, 3.63) is 17.6 Å². The van der Waals surface area contributed by atoms with Crippen LogP contribution in [0.3, 0.4) is 0 Å². The number of nitrogens with one attached hydrogen (secondary N) is 1. The SMILES string of the molecule is CNc1nc(Sc2nnc(C)n2C)cc(C(F)(F)F)n1. The molecule has 20 heavy (non-hydrogen) atoms. The van der Waals surface area contributed by atoms with Crippen molar-refractivity contribution in [1.29, 1.82) is 0 Å². The van der Waals surface area contributed by atoms with Crippen LogP contribution in [0.4, 0.5) is 19.1 Å². The van der Waals surface area contributed by atoms with Crippen LogP contribution in [0.25, 0.3) is 0 Å². The number of nitrogens with zero attached hydrogens (tertiary/aromatic N) is 5. The Morgan fingerprint density at radius 1 is 1.25 bits per heavy atom. The molecule has 10 heteroatoms. The van der Waals surface area contributed by atoms with Gasteiger partial charge in [0.15, 0.2) is 10.9 Å². The number of hydrogen-bond acceptors (Lipinski definition) is 6. The minimum atomic E-state index is -4.53. The van der Waals surface area contributed by atoms with E-state index in [1.165, 1.54) is 7.05 Å². The fraction of sp³-hybridized carbons (Fsp3) is 0.400. The number of hydrogen-bond donors (Lipinski definition) is 1. The van der Waals surface area contributed by atoms with Crippen LogP contribution in [0, 0.1) is 6.92 Å². The summed E-state index contributed by atoms with van der Waals surface area (Å²) in [7, 11) is 3.18. The first-order valence-electron chi connectivity index (χ1n) is 5.49. The maximum atomic E-state index is 12.7. The van der Waals surface area contributed by atoms with Gasteiger partial charge in [0.05, 0.1) is 0 Å². The molecule has 2 aromatic rings. The van der Waals surface area contributed by atoms with Gasteiger partial charge in [-0.2, -0.15) is 13.2 Å². The van der Waals surface area contributed by atoms with Crippen molar-refractivity contribution in [2.45, 2.75) is 23.3 Å². The predicted octanol–water partition coefficient (Wildman–Crippen LogP) is 2.13. The third kappa shape index (κ3) is 3.00. The first-order valence-corrected chi connectivity index (χ1v) is 6.31.